The van der Waals surface area contributed by atoms with Crippen LogP contribution in [-0.4, -0.2) is 60.5 Å². The van der Waals surface area contributed by atoms with Crippen LogP contribution in [-0.2, 0) is 16.6 Å². The van der Waals surface area contributed by atoms with E-state index in [1.54, 1.807) is 14.2 Å². The van der Waals surface area contributed by atoms with Crippen LogP contribution in [0.3, 0.4) is 0 Å². The molecule has 1 aliphatic rings. The monoisotopic (exact) mass is 632 g/mol. The van der Waals surface area contributed by atoms with E-state index in [0.717, 1.165) is 28.6 Å². The van der Waals surface area contributed by atoms with Crippen molar-refractivity contribution in [1.29, 1.82) is 0 Å². The number of amides is 2. The quantitative estimate of drug-likeness (QED) is 0.162. The molecule has 0 bridgehead atoms. The summed E-state index contributed by atoms with van der Waals surface area (Å²) in [5.41, 5.74) is 6.13. The van der Waals surface area contributed by atoms with Crippen LogP contribution in [0.2, 0.25) is 0 Å². The molecule has 1 aromatic heterocycles. The van der Waals surface area contributed by atoms with E-state index in [1.165, 1.54) is 16.0 Å². The minimum Gasteiger partial charge on any atom is -0.493 e. The molecule has 9 heteroatoms. The number of ether oxygens (including phenoxy) is 2. The number of halogens is 1. The van der Waals surface area contributed by atoms with Gasteiger partial charge in [0.2, 0.25) is 5.91 Å². The van der Waals surface area contributed by atoms with Crippen molar-refractivity contribution in [2.24, 2.45) is 0 Å². The molecule has 0 saturated heterocycles. The lowest BCUT2D eigenvalue weighted by atomic mass is 9.76. The number of aromatic nitrogens is 2. The van der Waals surface area contributed by atoms with E-state index in [0.29, 0.717) is 59.0 Å². The lowest BCUT2D eigenvalue weighted by molar-refractivity contribution is -0.134. The highest BCUT2D eigenvalue weighted by Crippen LogP contribution is 2.41. The molecule has 8 nitrogen and oxygen atoms in total. The van der Waals surface area contributed by atoms with Crippen molar-refractivity contribution in [2.75, 3.05) is 33.9 Å². The first-order valence-electron chi connectivity index (χ1n) is 14.1. The van der Waals surface area contributed by atoms with Crippen molar-refractivity contribution in [3.8, 4) is 22.9 Å². The number of hydrogen-bond donors (Lipinski definition) is 2. The van der Waals surface area contributed by atoms with Crippen LogP contribution in [0.25, 0.3) is 22.4 Å². The Balaban J connectivity index is 1.31. The summed E-state index contributed by atoms with van der Waals surface area (Å²) in [5.74, 6) is 1.63. The highest BCUT2D eigenvalue weighted by atomic mass is 79.9. The van der Waals surface area contributed by atoms with Crippen LogP contribution >= 0.6 is 15.9 Å². The van der Waals surface area contributed by atoms with E-state index in [4.69, 9.17) is 14.5 Å². The highest BCUT2D eigenvalue weighted by Gasteiger charge is 2.45. The van der Waals surface area contributed by atoms with Crippen molar-refractivity contribution in [3.63, 3.8) is 0 Å². The van der Waals surface area contributed by atoms with Gasteiger partial charge < -0.3 is 19.8 Å². The first-order valence-corrected chi connectivity index (χ1v) is 14.9. The van der Waals surface area contributed by atoms with Crippen molar-refractivity contribution < 1.29 is 19.1 Å². The second kappa shape index (κ2) is 11.9. The Morgan fingerprint density at radius 3 is 2.45 bits per heavy atom. The van der Waals surface area contributed by atoms with Crippen LogP contribution in [0.15, 0.2) is 46.9 Å². The molecule has 0 atom stereocenters. The van der Waals surface area contributed by atoms with Gasteiger partial charge in [-0.2, -0.15) is 0 Å². The summed E-state index contributed by atoms with van der Waals surface area (Å²) < 4.78 is 11.5. The van der Waals surface area contributed by atoms with Gasteiger partial charge in [-0.05, 0) is 116 Å². The predicted molar refractivity (Wildman–Crippen MR) is 169 cm³/mol. The molecule has 220 valence electrons. The normalized spacial score (nSPS) is 14.4. The number of nitrogens with one attached hydrogen (secondary N) is 2. The third-order valence-corrected chi connectivity index (χ3v) is 8.79. The van der Waals surface area contributed by atoms with Crippen LogP contribution in [0, 0.1) is 13.8 Å². The highest BCUT2D eigenvalue weighted by molar-refractivity contribution is 9.10. The number of H-pyrrole nitrogens is 1. The summed E-state index contributed by atoms with van der Waals surface area (Å²) >= 11 is 3.65. The Hall–Kier alpha value is -3.69. The van der Waals surface area contributed by atoms with Gasteiger partial charge in [0.25, 0.3) is 5.91 Å². The van der Waals surface area contributed by atoms with Crippen LogP contribution in [0.1, 0.15) is 52.9 Å². The molecule has 3 aromatic carbocycles. The number of carbonyl (C=O) groups excluding carboxylic acids is 2. The van der Waals surface area contributed by atoms with E-state index < -0.39 is 5.41 Å². The fourth-order valence-electron chi connectivity index (χ4n) is 5.51. The Morgan fingerprint density at radius 1 is 0.976 bits per heavy atom. The van der Waals surface area contributed by atoms with Gasteiger partial charge in [-0.25, -0.2) is 4.98 Å². The van der Waals surface area contributed by atoms with Gasteiger partial charge in [-0.15, -0.1) is 0 Å². The van der Waals surface area contributed by atoms with Crippen LogP contribution in [0.4, 0.5) is 0 Å². The predicted octanol–water partition coefficient (Wildman–Crippen LogP) is 6.11. The van der Waals surface area contributed by atoms with Gasteiger partial charge >= 0.3 is 0 Å². The number of benzene rings is 3. The number of aromatic amines is 1. The SMILES string of the molecule is COc1ccc(CCNCCCN2C(=O)c3c(cc(Br)c4nc(-c5ccc(C)c(C)c5)[nH]c34)C(C)(C)C2=O)cc1OC. The summed E-state index contributed by atoms with van der Waals surface area (Å²) in [6.07, 6.45) is 1.46. The molecular formula is C33H37BrN4O4. The van der Waals surface area contributed by atoms with Crippen molar-refractivity contribution in [3.05, 3.63) is 74.8 Å². The van der Waals surface area contributed by atoms with Crippen molar-refractivity contribution in [1.82, 2.24) is 20.2 Å². The van der Waals surface area contributed by atoms with Crippen LogP contribution in [0.5, 0.6) is 11.5 Å². The molecule has 0 saturated carbocycles. The molecule has 0 fully saturated rings. The molecule has 0 spiro atoms. The first kappa shape index (κ1) is 29.8. The third-order valence-electron chi connectivity index (χ3n) is 8.19. The zero-order valence-electron chi connectivity index (χ0n) is 25.0. The average Bonchev–Trinajstić information content (AvgIpc) is 3.43. The van der Waals surface area contributed by atoms with E-state index in [-0.39, 0.29) is 11.8 Å². The fourth-order valence-corrected chi connectivity index (χ4v) is 6.02. The molecule has 0 aliphatic carbocycles. The lowest BCUT2D eigenvalue weighted by Crippen LogP contribution is -2.52. The minimum absolute atomic E-state index is 0.189. The maximum absolute atomic E-state index is 13.9. The summed E-state index contributed by atoms with van der Waals surface area (Å²) in [6, 6.07) is 14.0. The van der Waals surface area contributed by atoms with Gasteiger partial charge in [0, 0.05) is 16.6 Å². The molecule has 0 radical (unpaired) electrons. The topological polar surface area (TPSA) is 96.5 Å². The minimum atomic E-state index is -0.869. The molecule has 2 heterocycles. The van der Waals surface area contributed by atoms with E-state index in [1.807, 2.05) is 44.2 Å². The summed E-state index contributed by atoms with van der Waals surface area (Å²) in [5, 5.41) is 3.43. The second-order valence-corrected chi connectivity index (χ2v) is 12.2. The number of fused-ring (bicyclic) bond motifs is 3. The smallest absolute Gasteiger partial charge is 0.262 e. The van der Waals surface area contributed by atoms with Gasteiger partial charge in [0.1, 0.15) is 11.3 Å². The number of imide groups is 1. The zero-order valence-corrected chi connectivity index (χ0v) is 26.6. The van der Waals surface area contributed by atoms with Crippen LogP contribution < -0.4 is 14.8 Å². The summed E-state index contributed by atoms with van der Waals surface area (Å²) in [4.78, 5) is 37.2. The summed E-state index contributed by atoms with van der Waals surface area (Å²) in [6.45, 7) is 9.68. The van der Waals surface area contributed by atoms with E-state index in [2.05, 4.69) is 52.2 Å². The second-order valence-electron chi connectivity index (χ2n) is 11.3. The maximum Gasteiger partial charge on any atom is 0.262 e. The number of nitrogens with zero attached hydrogens (tertiary/aromatic N) is 2. The number of hydrogen-bond acceptors (Lipinski definition) is 6. The Labute approximate surface area is 254 Å². The Morgan fingerprint density at radius 2 is 1.74 bits per heavy atom. The number of rotatable bonds is 10. The van der Waals surface area contributed by atoms with Gasteiger partial charge in [0.05, 0.1) is 30.7 Å². The largest absolute Gasteiger partial charge is 0.493 e. The van der Waals surface area contributed by atoms with Crippen molar-refractivity contribution >= 4 is 38.8 Å². The maximum atomic E-state index is 13.9. The molecule has 0 unspecified atom stereocenters. The lowest BCUT2D eigenvalue weighted by Gasteiger charge is -2.37. The average molecular weight is 634 g/mol. The zero-order chi connectivity index (χ0) is 30.2. The fraction of sp³-hybridized carbons (Fsp3) is 0.364. The standard InChI is InChI=1S/C33H37BrN4O4/c1-19-8-10-22(16-20(19)2)30-36-28-24(34)18-23-27(29(28)37-30)31(39)38(32(40)33(23,3)4)15-7-13-35-14-12-21-9-11-25(41-5)26(17-21)42-6/h8-11,16-18,35H,7,12-15H2,1-6H3,(H,36,37). The first-order chi connectivity index (χ1) is 20.1. The number of carbonyl (C=O) groups is 2. The molecule has 4 aromatic rings. The van der Waals surface area contributed by atoms with Gasteiger partial charge in [-0.1, -0.05) is 18.2 Å². The molecule has 42 heavy (non-hydrogen) atoms. The number of imidazole rings is 1. The molecule has 1 aliphatic heterocycles. The third kappa shape index (κ3) is 5.43. The van der Waals surface area contributed by atoms with Gasteiger partial charge in [0.15, 0.2) is 11.5 Å². The van der Waals surface area contributed by atoms with E-state index in [9.17, 15) is 9.59 Å². The molecular weight excluding hydrogens is 596 g/mol. The molecule has 2 amide bonds. The molecule has 2 N–H and O–H groups in total. The number of methoxy groups -OCH3 is 2. The molecule has 5 rings (SSSR count). The van der Waals surface area contributed by atoms with E-state index >= 15 is 0 Å². The van der Waals surface area contributed by atoms with Crippen molar-refractivity contribution in [2.45, 2.75) is 46.0 Å². The Kier molecular flexibility index (Phi) is 8.44. The Bertz CT molecular complexity index is 1680. The van der Waals surface area contributed by atoms with Gasteiger partial charge in [-0.3, -0.25) is 14.5 Å². The number of aryl methyl sites for hydroxylation is 2. The summed E-state index contributed by atoms with van der Waals surface area (Å²) in [7, 11) is 3.25.